The van der Waals surface area contributed by atoms with E-state index < -0.39 is 0 Å². The Morgan fingerprint density at radius 3 is 2.00 bits per heavy atom. The monoisotopic (exact) mass is 159 g/mol. The Morgan fingerprint density at radius 1 is 1.00 bits per heavy atom. The van der Waals surface area contributed by atoms with E-state index >= 15 is 0 Å². The third kappa shape index (κ3) is 3.67. The number of nitrogens with zero attached hydrogens (tertiary/aromatic N) is 1. The van der Waals surface area contributed by atoms with Crippen LogP contribution in [0.1, 0.15) is 0 Å². The van der Waals surface area contributed by atoms with Crippen molar-refractivity contribution in [3.05, 3.63) is 0 Å². The number of rotatable bonds is 1. The minimum absolute atomic E-state index is 0.170. The Kier molecular flexibility index (Phi) is 4.45. The predicted molar refractivity (Wildman–Crippen MR) is 44.4 cm³/mol. The van der Waals surface area contributed by atoms with Gasteiger partial charge in [-0.2, -0.15) is 0 Å². The van der Waals surface area contributed by atoms with Crippen molar-refractivity contribution in [1.29, 1.82) is 0 Å². The Bertz CT molecular complexity index is 89.7. The highest BCUT2D eigenvalue weighted by Gasteiger charge is 2.03. The van der Waals surface area contributed by atoms with Gasteiger partial charge in [0.1, 0.15) is 0 Å². The van der Waals surface area contributed by atoms with Gasteiger partial charge in [-0.1, -0.05) is 0 Å². The summed E-state index contributed by atoms with van der Waals surface area (Å²) in [6.45, 7) is 6.06. The molecule has 66 valence electrons. The summed E-state index contributed by atoms with van der Waals surface area (Å²) in [6.07, 6.45) is 0. The number of aliphatic hydroxyl groups excluding tert-OH is 1. The van der Waals surface area contributed by atoms with Crippen molar-refractivity contribution in [2.24, 2.45) is 0 Å². The SMILES string of the molecule is OCN1CCNCCNCC1. The molecule has 11 heavy (non-hydrogen) atoms. The van der Waals surface area contributed by atoms with E-state index in [-0.39, 0.29) is 6.73 Å². The molecule has 1 saturated heterocycles. The summed E-state index contributed by atoms with van der Waals surface area (Å²) in [5, 5.41) is 15.4. The van der Waals surface area contributed by atoms with Gasteiger partial charge in [0.2, 0.25) is 0 Å². The second kappa shape index (κ2) is 5.49. The van der Waals surface area contributed by atoms with Crippen LogP contribution in [0.5, 0.6) is 0 Å². The highest BCUT2D eigenvalue weighted by Crippen LogP contribution is 1.84. The van der Waals surface area contributed by atoms with Crippen LogP contribution in [0, 0.1) is 0 Å². The van der Waals surface area contributed by atoms with Crippen LogP contribution < -0.4 is 10.6 Å². The minimum Gasteiger partial charge on any atom is -0.381 e. The first-order valence-electron chi connectivity index (χ1n) is 4.18. The fraction of sp³-hybridized carbons (Fsp3) is 1.00. The summed E-state index contributed by atoms with van der Waals surface area (Å²) in [4.78, 5) is 2.02. The number of nitrogens with one attached hydrogen (secondary N) is 2. The van der Waals surface area contributed by atoms with E-state index in [2.05, 4.69) is 10.6 Å². The van der Waals surface area contributed by atoms with Crippen molar-refractivity contribution in [3.63, 3.8) is 0 Å². The van der Waals surface area contributed by atoms with Crippen LogP contribution in [0.2, 0.25) is 0 Å². The summed E-state index contributed by atoms with van der Waals surface area (Å²) < 4.78 is 0. The van der Waals surface area contributed by atoms with E-state index in [9.17, 15) is 0 Å². The second-order valence-electron chi connectivity index (χ2n) is 2.76. The third-order valence-electron chi connectivity index (χ3n) is 1.89. The van der Waals surface area contributed by atoms with E-state index in [4.69, 9.17) is 5.11 Å². The summed E-state index contributed by atoms with van der Waals surface area (Å²) >= 11 is 0. The van der Waals surface area contributed by atoms with E-state index in [1.54, 1.807) is 0 Å². The van der Waals surface area contributed by atoms with Gasteiger partial charge in [-0.25, -0.2) is 0 Å². The lowest BCUT2D eigenvalue weighted by Crippen LogP contribution is -2.34. The van der Waals surface area contributed by atoms with E-state index in [0.717, 1.165) is 39.3 Å². The molecular formula is C7H17N3O. The minimum atomic E-state index is 0.170. The van der Waals surface area contributed by atoms with Crippen molar-refractivity contribution in [1.82, 2.24) is 15.5 Å². The maximum Gasteiger partial charge on any atom is 0.0957 e. The zero-order valence-corrected chi connectivity index (χ0v) is 6.84. The molecular weight excluding hydrogens is 142 g/mol. The fourth-order valence-corrected chi connectivity index (χ4v) is 1.15. The molecule has 1 aliphatic rings. The molecule has 0 radical (unpaired) electrons. The average molecular weight is 159 g/mol. The zero-order valence-electron chi connectivity index (χ0n) is 6.84. The van der Waals surface area contributed by atoms with Crippen molar-refractivity contribution in [2.75, 3.05) is 46.0 Å². The van der Waals surface area contributed by atoms with Crippen LogP contribution in [-0.2, 0) is 0 Å². The lowest BCUT2D eigenvalue weighted by atomic mass is 10.5. The Morgan fingerprint density at radius 2 is 1.55 bits per heavy atom. The molecule has 0 aliphatic carbocycles. The molecule has 0 atom stereocenters. The summed E-state index contributed by atoms with van der Waals surface area (Å²) in [5.41, 5.74) is 0. The Hall–Kier alpha value is -0.160. The number of aliphatic hydroxyl groups is 1. The van der Waals surface area contributed by atoms with Crippen LogP contribution in [0.25, 0.3) is 0 Å². The second-order valence-corrected chi connectivity index (χ2v) is 2.76. The quantitative estimate of drug-likeness (QED) is 0.433. The van der Waals surface area contributed by atoms with E-state index in [0.29, 0.717) is 0 Å². The lowest BCUT2D eigenvalue weighted by Gasteiger charge is -2.17. The van der Waals surface area contributed by atoms with Crippen LogP contribution in [0.3, 0.4) is 0 Å². The molecule has 3 N–H and O–H groups in total. The number of hydrogen-bond donors (Lipinski definition) is 3. The summed E-state index contributed by atoms with van der Waals surface area (Å²) in [5.74, 6) is 0. The molecule has 4 heteroatoms. The maximum absolute atomic E-state index is 8.87. The van der Waals surface area contributed by atoms with Crippen molar-refractivity contribution in [2.45, 2.75) is 0 Å². The average Bonchev–Trinajstić information content (AvgIpc) is 2.16. The van der Waals surface area contributed by atoms with Gasteiger partial charge in [0, 0.05) is 39.3 Å². The smallest absolute Gasteiger partial charge is 0.0957 e. The molecule has 0 aromatic carbocycles. The van der Waals surface area contributed by atoms with E-state index in [1.807, 2.05) is 4.90 Å². The highest BCUT2D eigenvalue weighted by atomic mass is 16.3. The molecule has 0 bridgehead atoms. The van der Waals surface area contributed by atoms with Gasteiger partial charge in [0.05, 0.1) is 6.73 Å². The maximum atomic E-state index is 8.87. The summed E-state index contributed by atoms with van der Waals surface area (Å²) in [7, 11) is 0. The number of hydrogen-bond acceptors (Lipinski definition) is 4. The molecule has 0 aromatic rings. The van der Waals surface area contributed by atoms with Crippen molar-refractivity contribution < 1.29 is 5.11 Å². The van der Waals surface area contributed by atoms with Crippen LogP contribution in [-0.4, -0.2) is 56.0 Å². The molecule has 0 amide bonds. The molecule has 1 rings (SSSR count). The topological polar surface area (TPSA) is 47.5 Å². The van der Waals surface area contributed by atoms with Gasteiger partial charge in [0.15, 0.2) is 0 Å². The standard InChI is InChI=1S/C7H17N3O/c11-7-10-5-3-8-1-2-9-4-6-10/h8-9,11H,1-7H2. The van der Waals surface area contributed by atoms with Gasteiger partial charge in [-0.05, 0) is 0 Å². The van der Waals surface area contributed by atoms with Gasteiger partial charge in [0.25, 0.3) is 0 Å². The first-order valence-corrected chi connectivity index (χ1v) is 4.18. The first kappa shape index (κ1) is 8.93. The Balaban J connectivity index is 2.19. The fourth-order valence-electron chi connectivity index (χ4n) is 1.15. The van der Waals surface area contributed by atoms with Gasteiger partial charge < -0.3 is 15.7 Å². The van der Waals surface area contributed by atoms with Crippen molar-refractivity contribution >= 4 is 0 Å². The van der Waals surface area contributed by atoms with Gasteiger partial charge in [-0.15, -0.1) is 0 Å². The molecule has 1 fully saturated rings. The molecule has 0 saturated carbocycles. The lowest BCUT2D eigenvalue weighted by molar-refractivity contribution is 0.111. The van der Waals surface area contributed by atoms with E-state index in [1.165, 1.54) is 0 Å². The molecule has 0 aromatic heterocycles. The zero-order chi connectivity index (χ0) is 7.94. The third-order valence-corrected chi connectivity index (χ3v) is 1.89. The predicted octanol–water partition coefficient (Wildman–Crippen LogP) is -1.57. The molecule has 0 spiro atoms. The van der Waals surface area contributed by atoms with Gasteiger partial charge >= 0.3 is 0 Å². The molecule has 1 aliphatic heterocycles. The molecule has 0 unspecified atom stereocenters. The van der Waals surface area contributed by atoms with Gasteiger partial charge in [-0.3, -0.25) is 4.90 Å². The normalized spacial score (nSPS) is 23.7. The molecule has 1 heterocycles. The van der Waals surface area contributed by atoms with Crippen LogP contribution in [0.15, 0.2) is 0 Å². The first-order chi connectivity index (χ1) is 5.43. The van der Waals surface area contributed by atoms with Crippen LogP contribution in [0.4, 0.5) is 0 Å². The Labute approximate surface area is 67.6 Å². The van der Waals surface area contributed by atoms with Crippen LogP contribution >= 0.6 is 0 Å². The summed E-state index contributed by atoms with van der Waals surface area (Å²) in [6, 6.07) is 0. The van der Waals surface area contributed by atoms with Crippen molar-refractivity contribution in [3.8, 4) is 0 Å². The molecule has 4 nitrogen and oxygen atoms in total. The largest absolute Gasteiger partial charge is 0.381 e. The highest BCUT2D eigenvalue weighted by molar-refractivity contribution is 4.62.